The van der Waals surface area contributed by atoms with Crippen molar-refractivity contribution in [2.24, 2.45) is 0 Å². The summed E-state index contributed by atoms with van der Waals surface area (Å²) >= 11 is 12.3. The fraction of sp³-hybridized carbons (Fsp3) is 0.143. The van der Waals surface area contributed by atoms with E-state index in [1.165, 1.54) is 23.1 Å². The van der Waals surface area contributed by atoms with Gasteiger partial charge in [0.1, 0.15) is 5.82 Å². The number of aromatic nitrogens is 1. The smallest absolute Gasteiger partial charge is 0.254 e. The Morgan fingerprint density at radius 2 is 1.96 bits per heavy atom. The number of aliphatic hydroxyl groups is 1. The molecule has 7 heteroatoms. The van der Waals surface area contributed by atoms with Gasteiger partial charge in [-0.1, -0.05) is 41.4 Å². The molecule has 0 unspecified atom stereocenters. The molecule has 1 heterocycles. The van der Waals surface area contributed by atoms with Crippen molar-refractivity contribution in [3.63, 3.8) is 0 Å². The van der Waals surface area contributed by atoms with E-state index in [9.17, 15) is 14.3 Å². The molecular formula is C21H17Cl2FN2O2. The molecule has 2 aromatic carbocycles. The Morgan fingerprint density at radius 1 is 1.14 bits per heavy atom. The lowest BCUT2D eigenvalue weighted by atomic mass is 10.0. The van der Waals surface area contributed by atoms with Crippen LogP contribution in [0.3, 0.4) is 0 Å². The first-order chi connectivity index (χ1) is 13.5. The van der Waals surface area contributed by atoms with E-state index in [2.05, 4.69) is 4.98 Å². The van der Waals surface area contributed by atoms with Crippen molar-refractivity contribution in [1.29, 1.82) is 0 Å². The lowest BCUT2D eigenvalue weighted by molar-refractivity contribution is 0.0567. The minimum Gasteiger partial charge on any atom is -0.394 e. The molecule has 0 aliphatic heterocycles. The van der Waals surface area contributed by atoms with Crippen LogP contribution in [0.15, 0.2) is 67.0 Å². The number of benzene rings is 2. The van der Waals surface area contributed by atoms with Gasteiger partial charge in [-0.15, -0.1) is 0 Å². The molecule has 0 saturated carbocycles. The van der Waals surface area contributed by atoms with Crippen LogP contribution in [0.5, 0.6) is 0 Å². The molecular weight excluding hydrogens is 402 g/mol. The van der Waals surface area contributed by atoms with E-state index in [1.54, 1.807) is 36.7 Å². The highest BCUT2D eigenvalue weighted by molar-refractivity contribution is 6.35. The molecule has 0 radical (unpaired) electrons. The van der Waals surface area contributed by atoms with Crippen LogP contribution in [0.25, 0.3) is 0 Å². The van der Waals surface area contributed by atoms with E-state index in [-0.39, 0.29) is 18.7 Å². The maximum atomic E-state index is 13.7. The molecule has 4 nitrogen and oxygen atoms in total. The van der Waals surface area contributed by atoms with E-state index in [1.807, 2.05) is 6.07 Å². The van der Waals surface area contributed by atoms with Crippen LogP contribution in [0, 0.1) is 5.82 Å². The molecule has 28 heavy (non-hydrogen) atoms. The standard InChI is InChI=1S/C21H17Cl2FN2O2/c22-16-6-7-18(19(23)10-16)20(13-27)26(12-14-3-2-8-25-11-14)21(28)15-4-1-5-17(24)9-15/h1-11,20,27H,12-13H2/t20-/m1/s1. The van der Waals surface area contributed by atoms with Crippen LogP contribution < -0.4 is 0 Å². The number of aliphatic hydroxyl groups excluding tert-OH is 1. The number of carbonyl (C=O) groups is 1. The van der Waals surface area contributed by atoms with Gasteiger partial charge >= 0.3 is 0 Å². The third-order valence-corrected chi connectivity index (χ3v) is 4.84. The number of nitrogens with zero attached hydrogens (tertiary/aromatic N) is 2. The van der Waals surface area contributed by atoms with E-state index in [4.69, 9.17) is 23.2 Å². The monoisotopic (exact) mass is 418 g/mol. The first kappa shape index (κ1) is 20.3. The Morgan fingerprint density at radius 3 is 2.61 bits per heavy atom. The van der Waals surface area contributed by atoms with Gasteiger partial charge in [-0.3, -0.25) is 9.78 Å². The zero-order valence-corrected chi connectivity index (χ0v) is 16.2. The second kappa shape index (κ2) is 9.15. The zero-order chi connectivity index (χ0) is 20.1. The first-order valence-electron chi connectivity index (χ1n) is 8.51. The number of carbonyl (C=O) groups excluding carboxylic acids is 1. The van der Waals surface area contributed by atoms with Crippen molar-refractivity contribution >= 4 is 29.1 Å². The summed E-state index contributed by atoms with van der Waals surface area (Å²) in [5.41, 5.74) is 1.48. The number of rotatable bonds is 6. The summed E-state index contributed by atoms with van der Waals surface area (Å²) in [7, 11) is 0. The summed E-state index contributed by atoms with van der Waals surface area (Å²) in [5.74, 6) is -0.953. The van der Waals surface area contributed by atoms with Crippen LogP contribution in [0.2, 0.25) is 10.0 Å². The van der Waals surface area contributed by atoms with E-state index < -0.39 is 17.8 Å². The minimum absolute atomic E-state index is 0.160. The average Bonchev–Trinajstić information content (AvgIpc) is 2.69. The maximum absolute atomic E-state index is 13.7. The fourth-order valence-corrected chi connectivity index (χ4v) is 3.47. The van der Waals surface area contributed by atoms with Gasteiger partial charge in [0.25, 0.3) is 5.91 Å². The Hall–Kier alpha value is -2.47. The highest BCUT2D eigenvalue weighted by Gasteiger charge is 2.28. The lowest BCUT2D eigenvalue weighted by Gasteiger charge is -2.32. The van der Waals surface area contributed by atoms with Crippen molar-refractivity contribution < 1.29 is 14.3 Å². The molecule has 144 valence electrons. The molecule has 0 spiro atoms. The summed E-state index contributed by atoms with van der Waals surface area (Å²) in [6.07, 6.45) is 3.26. The number of amides is 1. The second-order valence-electron chi connectivity index (χ2n) is 6.17. The van der Waals surface area contributed by atoms with Crippen molar-refractivity contribution in [1.82, 2.24) is 9.88 Å². The molecule has 1 amide bonds. The highest BCUT2D eigenvalue weighted by atomic mass is 35.5. The van der Waals surface area contributed by atoms with Crippen LogP contribution in [0.4, 0.5) is 4.39 Å². The molecule has 0 aliphatic rings. The van der Waals surface area contributed by atoms with Crippen molar-refractivity contribution in [2.75, 3.05) is 6.61 Å². The maximum Gasteiger partial charge on any atom is 0.254 e. The Kier molecular flexibility index (Phi) is 6.62. The molecule has 1 N–H and O–H groups in total. The molecule has 1 atom stereocenters. The summed E-state index contributed by atoms with van der Waals surface area (Å²) < 4.78 is 13.7. The normalized spacial score (nSPS) is 11.9. The molecule has 0 aliphatic carbocycles. The van der Waals surface area contributed by atoms with Gasteiger partial charge in [0, 0.05) is 34.5 Å². The van der Waals surface area contributed by atoms with Crippen LogP contribution in [0.1, 0.15) is 27.5 Å². The Balaban J connectivity index is 2.04. The van der Waals surface area contributed by atoms with Crippen LogP contribution in [-0.4, -0.2) is 27.5 Å². The van der Waals surface area contributed by atoms with Crippen molar-refractivity contribution in [3.05, 3.63) is 99.5 Å². The minimum atomic E-state index is -0.749. The third kappa shape index (κ3) is 4.68. The lowest BCUT2D eigenvalue weighted by Crippen LogP contribution is -2.36. The predicted octanol–water partition coefficient (Wildman–Crippen LogP) is 4.90. The highest BCUT2D eigenvalue weighted by Crippen LogP contribution is 2.32. The van der Waals surface area contributed by atoms with Gasteiger partial charge in [-0.25, -0.2) is 4.39 Å². The Bertz CT molecular complexity index is 970. The molecule has 0 fully saturated rings. The average molecular weight is 419 g/mol. The van der Waals surface area contributed by atoms with Gasteiger partial charge in [-0.05, 0) is 47.5 Å². The molecule has 0 saturated heterocycles. The van der Waals surface area contributed by atoms with Crippen LogP contribution in [-0.2, 0) is 6.54 Å². The van der Waals surface area contributed by atoms with Gasteiger partial charge < -0.3 is 10.0 Å². The van der Waals surface area contributed by atoms with Crippen molar-refractivity contribution in [2.45, 2.75) is 12.6 Å². The van der Waals surface area contributed by atoms with Crippen molar-refractivity contribution in [3.8, 4) is 0 Å². The summed E-state index contributed by atoms with van der Waals surface area (Å²) in [4.78, 5) is 18.7. The van der Waals surface area contributed by atoms with E-state index in [0.29, 0.717) is 15.6 Å². The van der Waals surface area contributed by atoms with E-state index >= 15 is 0 Å². The largest absolute Gasteiger partial charge is 0.394 e. The number of hydrogen-bond donors (Lipinski definition) is 1. The second-order valence-corrected chi connectivity index (χ2v) is 7.01. The summed E-state index contributed by atoms with van der Waals surface area (Å²) in [5, 5.41) is 10.9. The van der Waals surface area contributed by atoms with Crippen LogP contribution >= 0.6 is 23.2 Å². The van der Waals surface area contributed by atoms with E-state index in [0.717, 1.165) is 11.6 Å². The topological polar surface area (TPSA) is 53.4 Å². The molecule has 0 bridgehead atoms. The van der Waals surface area contributed by atoms with Gasteiger partial charge in [0.15, 0.2) is 0 Å². The third-order valence-electron chi connectivity index (χ3n) is 4.28. The zero-order valence-electron chi connectivity index (χ0n) is 14.7. The molecule has 3 aromatic rings. The van der Waals surface area contributed by atoms with Gasteiger partial charge in [0.2, 0.25) is 0 Å². The number of hydrogen-bond acceptors (Lipinski definition) is 3. The Labute approximate surface area is 172 Å². The first-order valence-corrected chi connectivity index (χ1v) is 9.26. The summed E-state index contributed by atoms with van der Waals surface area (Å²) in [6.45, 7) is -0.212. The summed E-state index contributed by atoms with van der Waals surface area (Å²) in [6, 6.07) is 13.1. The number of halogens is 3. The quantitative estimate of drug-likeness (QED) is 0.618. The van der Waals surface area contributed by atoms with Gasteiger partial charge in [0.05, 0.1) is 12.6 Å². The number of pyridine rings is 1. The fourth-order valence-electron chi connectivity index (χ4n) is 2.94. The SMILES string of the molecule is O=C(c1cccc(F)c1)N(Cc1cccnc1)[C@H](CO)c1ccc(Cl)cc1Cl. The van der Waals surface area contributed by atoms with Gasteiger partial charge in [-0.2, -0.15) is 0 Å². The predicted molar refractivity (Wildman–Crippen MR) is 107 cm³/mol. The molecule has 1 aromatic heterocycles. The molecule has 3 rings (SSSR count).